The predicted octanol–water partition coefficient (Wildman–Crippen LogP) is 2.70. The van der Waals surface area contributed by atoms with E-state index in [1.54, 1.807) is 21.0 Å². The Morgan fingerprint density at radius 1 is 1.47 bits per heavy atom. The molecule has 2 N–H and O–H groups in total. The quantitative estimate of drug-likeness (QED) is 0.755. The highest BCUT2D eigenvalue weighted by Gasteiger charge is 2.26. The number of halogens is 1. The molecule has 0 heterocycles. The monoisotopic (exact) mass is 329 g/mol. The van der Waals surface area contributed by atoms with E-state index in [1.165, 1.54) is 0 Å². The van der Waals surface area contributed by atoms with Crippen LogP contribution in [-0.2, 0) is 11.2 Å². The Morgan fingerprint density at radius 3 is 2.74 bits per heavy atom. The molecule has 0 saturated carbocycles. The lowest BCUT2D eigenvalue weighted by Crippen LogP contribution is -2.36. The van der Waals surface area contributed by atoms with Crippen LogP contribution in [0.5, 0.6) is 5.75 Å². The average molecular weight is 330 g/mol. The van der Waals surface area contributed by atoms with Gasteiger partial charge in [0, 0.05) is 11.0 Å². The summed E-state index contributed by atoms with van der Waals surface area (Å²) in [6.45, 7) is 4.58. The fourth-order valence-corrected chi connectivity index (χ4v) is 2.05. The second-order valence-corrected chi connectivity index (χ2v) is 5.99. The molecule has 5 heteroatoms. The van der Waals surface area contributed by atoms with Gasteiger partial charge < -0.3 is 15.2 Å². The smallest absolute Gasteiger partial charge is 0.310 e. The molecule has 0 bridgehead atoms. The van der Waals surface area contributed by atoms with E-state index >= 15 is 0 Å². The van der Waals surface area contributed by atoms with Gasteiger partial charge in [-0.2, -0.15) is 0 Å². The largest absolute Gasteiger partial charge is 0.496 e. The van der Waals surface area contributed by atoms with Crippen molar-refractivity contribution in [3.8, 4) is 5.75 Å². The SMILES string of the molecule is COc1ccc(Br)cc1CCNCC(C)(C)C(=O)O. The van der Waals surface area contributed by atoms with E-state index < -0.39 is 11.4 Å². The van der Waals surface area contributed by atoms with Gasteiger partial charge in [0.05, 0.1) is 12.5 Å². The van der Waals surface area contributed by atoms with E-state index in [9.17, 15) is 4.79 Å². The highest BCUT2D eigenvalue weighted by Crippen LogP contribution is 2.23. The molecule has 0 amide bonds. The summed E-state index contributed by atoms with van der Waals surface area (Å²) in [5.41, 5.74) is 0.346. The van der Waals surface area contributed by atoms with E-state index in [4.69, 9.17) is 9.84 Å². The maximum atomic E-state index is 11.0. The summed E-state index contributed by atoms with van der Waals surface area (Å²) in [5, 5.41) is 12.2. The van der Waals surface area contributed by atoms with Gasteiger partial charge in [0.2, 0.25) is 0 Å². The predicted molar refractivity (Wildman–Crippen MR) is 78.7 cm³/mol. The van der Waals surface area contributed by atoms with Gasteiger partial charge in [-0.05, 0) is 50.6 Å². The number of aliphatic carboxylic acids is 1. The lowest BCUT2D eigenvalue weighted by molar-refractivity contribution is -0.146. The summed E-state index contributed by atoms with van der Waals surface area (Å²) in [4.78, 5) is 11.0. The molecule has 0 saturated heterocycles. The van der Waals surface area contributed by atoms with Gasteiger partial charge in [0.25, 0.3) is 0 Å². The van der Waals surface area contributed by atoms with Crippen molar-refractivity contribution in [2.75, 3.05) is 20.2 Å². The third-order valence-corrected chi connectivity index (χ3v) is 3.45. The Balaban J connectivity index is 2.50. The zero-order valence-electron chi connectivity index (χ0n) is 11.5. The summed E-state index contributed by atoms with van der Waals surface area (Å²) in [6.07, 6.45) is 0.790. The fraction of sp³-hybridized carbons (Fsp3) is 0.500. The molecule has 0 radical (unpaired) electrons. The highest BCUT2D eigenvalue weighted by molar-refractivity contribution is 9.10. The number of hydrogen-bond acceptors (Lipinski definition) is 3. The van der Waals surface area contributed by atoms with Gasteiger partial charge in [-0.1, -0.05) is 15.9 Å². The van der Waals surface area contributed by atoms with Crippen LogP contribution < -0.4 is 10.1 Å². The van der Waals surface area contributed by atoms with E-state index in [0.29, 0.717) is 13.1 Å². The Morgan fingerprint density at radius 2 is 2.16 bits per heavy atom. The summed E-state index contributed by atoms with van der Waals surface area (Å²) >= 11 is 3.43. The number of carbonyl (C=O) groups is 1. The van der Waals surface area contributed by atoms with Crippen molar-refractivity contribution in [2.24, 2.45) is 5.41 Å². The van der Waals surface area contributed by atoms with Crippen molar-refractivity contribution in [3.05, 3.63) is 28.2 Å². The fourth-order valence-electron chi connectivity index (χ4n) is 1.64. The van der Waals surface area contributed by atoms with Crippen LogP contribution in [-0.4, -0.2) is 31.3 Å². The Hall–Kier alpha value is -1.07. The summed E-state index contributed by atoms with van der Waals surface area (Å²) in [5.74, 6) is 0.0579. The highest BCUT2D eigenvalue weighted by atomic mass is 79.9. The zero-order valence-corrected chi connectivity index (χ0v) is 13.1. The maximum absolute atomic E-state index is 11.0. The van der Waals surface area contributed by atoms with Gasteiger partial charge in [0.15, 0.2) is 0 Å². The number of benzene rings is 1. The first-order valence-electron chi connectivity index (χ1n) is 6.13. The number of carboxylic acid groups (broad SMARTS) is 1. The molecule has 0 unspecified atom stereocenters. The summed E-state index contributed by atoms with van der Waals surface area (Å²) in [6, 6.07) is 5.87. The van der Waals surface area contributed by atoms with Crippen LogP contribution in [0.1, 0.15) is 19.4 Å². The Labute approximate surface area is 122 Å². The van der Waals surface area contributed by atoms with Crippen LogP contribution in [0.3, 0.4) is 0 Å². The van der Waals surface area contributed by atoms with Crippen LogP contribution in [0.2, 0.25) is 0 Å². The van der Waals surface area contributed by atoms with Crippen LogP contribution in [0, 0.1) is 5.41 Å². The van der Waals surface area contributed by atoms with Crippen LogP contribution in [0.15, 0.2) is 22.7 Å². The normalized spacial score (nSPS) is 11.4. The van der Waals surface area contributed by atoms with Crippen molar-refractivity contribution in [1.29, 1.82) is 0 Å². The number of rotatable bonds is 7. The molecule has 19 heavy (non-hydrogen) atoms. The Kier molecular flexibility index (Phi) is 5.82. The molecule has 0 fully saturated rings. The first kappa shape index (κ1) is 16.0. The number of carboxylic acids is 1. The molecule has 0 aliphatic carbocycles. The lowest BCUT2D eigenvalue weighted by Gasteiger charge is -2.19. The third-order valence-electron chi connectivity index (χ3n) is 2.96. The minimum atomic E-state index is -0.792. The summed E-state index contributed by atoms with van der Waals surface area (Å²) in [7, 11) is 1.65. The maximum Gasteiger partial charge on any atom is 0.310 e. The molecular formula is C14H20BrNO3. The van der Waals surface area contributed by atoms with Crippen molar-refractivity contribution in [2.45, 2.75) is 20.3 Å². The average Bonchev–Trinajstić information content (AvgIpc) is 2.34. The minimum Gasteiger partial charge on any atom is -0.496 e. The molecule has 0 aliphatic heterocycles. The molecule has 0 spiro atoms. The first-order valence-corrected chi connectivity index (χ1v) is 6.92. The van der Waals surface area contributed by atoms with Gasteiger partial charge in [-0.3, -0.25) is 4.79 Å². The van der Waals surface area contributed by atoms with E-state index in [1.807, 2.05) is 18.2 Å². The molecule has 0 atom stereocenters. The van der Waals surface area contributed by atoms with Crippen LogP contribution in [0.4, 0.5) is 0 Å². The lowest BCUT2D eigenvalue weighted by atomic mass is 9.94. The number of hydrogen-bond donors (Lipinski definition) is 2. The van der Waals surface area contributed by atoms with E-state index in [0.717, 1.165) is 22.2 Å². The van der Waals surface area contributed by atoms with Gasteiger partial charge in [-0.25, -0.2) is 0 Å². The number of nitrogens with one attached hydrogen (secondary N) is 1. The number of ether oxygens (including phenoxy) is 1. The molecule has 106 valence electrons. The minimum absolute atomic E-state index is 0.443. The van der Waals surface area contributed by atoms with Crippen molar-refractivity contribution in [1.82, 2.24) is 5.32 Å². The van der Waals surface area contributed by atoms with Gasteiger partial charge in [-0.15, -0.1) is 0 Å². The van der Waals surface area contributed by atoms with E-state index in [-0.39, 0.29) is 0 Å². The molecule has 0 aromatic heterocycles. The van der Waals surface area contributed by atoms with Crippen LogP contribution >= 0.6 is 15.9 Å². The van der Waals surface area contributed by atoms with Crippen molar-refractivity contribution >= 4 is 21.9 Å². The van der Waals surface area contributed by atoms with Gasteiger partial charge >= 0.3 is 5.97 Å². The van der Waals surface area contributed by atoms with Crippen LogP contribution in [0.25, 0.3) is 0 Å². The molecule has 1 rings (SSSR count). The second-order valence-electron chi connectivity index (χ2n) is 5.07. The van der Waals surface area contributed by atoms with E-state index in [2.05, 4.69) is 21.2 Å². The molecule has 1 aromatic rings. The molecule has 0 aliphatic rings. The first-order chi connectivity index (χ1) is 8.86. The second kappa shape index (κ2) is 6.91. The standard InChI is InChI=1S/C14H20BrNO3/c1-14(2,13(17)18)9-16-7-6-10-8-11(15)4-5-12(10)19-3/h4-5,8,16H,6-7,9H2,1-3H3,(H,17,18). The summed E-state index contributed by atoms with van der Waals surface area (Å²) < 4.78 is 6.30. The molecular weight excluding hydrogens is 310 g/mol. The topological polar surface area (TPSA) is 58.6 Å². The van der Waals surface area contributed by atoms with Gasteiger partial charge in [0.1, 0.15) is 5.75 Å². The molecule has 4 nitrogen and oxygen atoms in total. The van der Waals surface area contributed by atoms with Crippen molar-refractivity contribution in [3.63, 3.8) is 0 Å². The molecule has 1 aromatic carbocycles. The number of methoxy groups -OCH3 is 1. The Bertz CT molecular complexity index is 446. The zero-order chi connectivity index (χ0) is 14.5. The third kappa shape index (κ3) is 4.84. The van der Waals surface area contributed by atoms with Crippen molar-refractivity contribution < 1.29 is 14.6 Å².